The monoisotopic (exact) mass is 342 g/mol. The van der Waals surface area contributed by atoms with Crippen LogP contribution < -0.4 is 10.8 Å². The number of aromatic nitrogens is 3. The summed E-state index contributed by atoms with van der Waals surface area (Å²) in [5.74, 6) is 0.515. The molecule has 0 bridgehead atoms. The SMILES string of the molecule is CCCNc1ncnc([Si](OC(C)C)(OC(C)C)OC(C)C)n1. The first-order chi connectivity index (χ1) is 10.8. The number of nitrogens with zero attached hydrogens (tertiary/aromatic N) is 3. The maximum atomic E-state index is 6.12. The molecule has 0 saturated carbocycles. The normalized spacial score (nSPS) is 12.4. The Morgan fingerprint density at radius 2 is 1.48 bits per heavy atom. The van der Waals surface area contributed by atoms with Crippen LogP contribution >= 0.6 is 0 Å². The highest BCUT2D eigenvalue weighted by Gasteiger charge is 2.50. The first kappa shape index (κ1) is 20.0. The van der Waals surface area contributed by atoms with E-state index in [1.54, 1.807) is 0 Å². The fraction of sp³-hybridized carbons (Fsp3) is 0.800. The van der Waals surface area contributed by atoms with Crippen molar-refractivity contribution in [3.8, 4) is 0 Å². The standard InChI is InChI=1S/C15H30N4O3Si/c1-8-9-16-14-17-10-18-15(19-14)23(20-11(2)3,21-12(4)5)22-13(6)7/h10-13H,8-9H2,1-7H3,(H,16,17,18,19). The summed E-state index contributed by atoms with van der Waals surface area (Å²) in [6.45, 7) is 14.6. The number of hydrogen-bond donors (Lipinski definition) is 1. The summed E-state index contributed by atoms with van der Waals surface area (Å²) >= 11 is 0. The van der Waals surface area contributed by atoms with Crippen molar-refractivity contribution in [2.75, 3.05) is 11.9 Å². The molecule has 0 spiro atoms. The summed E-state index contributed by atoms with van der Waals surface area (Å²) in [6.07, 6.45) is 2.25. The van der Waals surface area contributed by atoms with Crippen molar-refractivity contribution in [3.63, 3.8) is 0 Å². The smallest absolute Gasteiger partial charge is 0.366 e. The summed E-state index contributed by atoms with van der Waals surface area (Å²) in [5.41, 5.74) is 0.446. The van der Waals surface area contributed by atoms with Gasteiger partial charge in [0.05, 0.1) is 0 Å². The van der Waals surface area contributed by atoms with E-state index < -0.39 is 8.80 Å². The Morgan fingerprint density at radius 3 is 1.91 bits per heavy atom. The van der Waals surface area contributed by atoms with E-state index >= 15 is 0 Å². The minimum atomic E-state index is -3.23. The lowest BCUT2D eigenvalue weighted by Gasteiger charge is -2.32. The minimum Gasteiger partial charge on any atom is -0.366 e. The van der Waals surface area contributed by atoms with E-state index in [0.717, 1.165) is 13.0 Å². The van der Waals surface area contributed by atoms with Gasteiger partial charge in [-0.25, -0.2) is 9.97 Å². The quantitative estimate of drug-likeness (QED) is 0.652. The first-order valence-electron chi connectivity index (χ1n) is 8.26. The van der Waals surface area contributed by atoms with Crippen LogP contribution in [0, 0.1) is 0 Å². The highest BCUT2D eigenvalue weighted by atomic mass is 28.4. The molecule has 0 aliphatic heterocycles. The van der Waals surface area contributed by atoms with Gasteiger partial charge in [0, 0.05) is 24.9 Å². The minimum absolute atomic E-state index is 0.0667. The fourth-order valence-corrected chi connectivity index (χ4v) is 4.74. The third-order valence-corrected chi connectivity index (χ3v) is 5.69. The molecule has 1 N–H and O–H groups in total. The van der Waals surface area contributed by atoms with Crippen LogP contribution in [0.25, 0.3) is 0 Å². The molecular weight excluding hydrogens is 312 g/mol. The molecule has 8 heteroatoms. The van der Waals surface area contributed by atoms with Crippen LogP contribution in [0.3, 0.4) is 0 Å². The average Bonchev–Trinajstić information content (AvgIpc) is 2.43. The van der Waals surface area contributed by atoms with Gasteiger partial charge >= 0.3 is 8.80 Å². The molecule has 0 atom stereocenters. The van der Waals surface area contributed by atoms with E-state index in [4.69, 9.17) is 13.3 Å². The third-order valence-electron chi connectivity index (χ3n) is 2.55. The maximum Gasteiger partial charge on any atom is 0.577 e. The molecule has 0 radical (unpaired) electrons. The lowest BCUT2D eigenvalue weighted by atomic mass is 10.5. The summed E-state index contributed by atoms with van der Waals surface area (Å²) in [4.78, 5) is 12.9. The van der Waals surface area contributed by atoms with Gasteiger partial charge in [-0.1, -0.05) is 6.92 Å². The van der Waals surface area contributed by atoms with Crippen LogP contribution in [0.15, 0.2) is 6.33 Å². The van der Waals surface area contributed by atoms with Gasteiger partial charge in [-0.15, -0.1) is 0 Å². The maximum absolute atomic E-state index is 6.12. The second-order valence-electron chi connectivity index (χ2n) is 6.12. The van der Waals surface area contributed by atoms with Crippen LogP contribution in [0.1, 0.15) is 54.9 Å². The molecule has 0 aromatic carbocycles. The molecule has 0 aliphatic carbocycles. The van der Waals surface area contributed by atoms with Crippen LogP contribution in [0.4, 0.5) is 5.95 Å². The van der Waals surface area contributed by atoms with Crippen LogP contribution in [0.5, 0.6) is 0 Å². The molecule has 0 fully saturated rings. The van der Waals surface area contributed by atoms with E-state index in [-0.39, 0.29) is 18.3 Å². The van der Waals surface area contributed by atoms with Gasteiger partial charge in [0.25, 0.3) is 0 Å². The lowest BCUT2D eigenvalue weighted by Crippen LogP contribution is -2.62. The van der Waals surface area contributed by atoms with Crippen LogP contribution in [0.2, 0.25) is 0 Å². The molecule has 23 heavy (non-hydrogen) atoms. The molecule has 0 amide bonds. The topological polar surface area (TPSA) is 78.4 Å². The molecule has 0 saturated heterocycles. The number of nitrogens with one attached hydrogen (secondary N) is 1. The van der Waals surface area contributed by atoms with Crippen LogP contribution in [-0.4, -0.2) is 48.6 Å². The molecule has 1 aromatic rings. The number of anilines is 1. The van der Waals surface area contributed by atoms with Crippen LogP contribution in [-0.2, 0) is 13.3 Å². The predicted octanol–water partition coefficient (Wildman–Crippen LogP) is 2.11. The van der Waals surface area contributed by atoms with E-state index in [0.29, 0.717) is 11.4 Å². The van der Waals surface area contributed by atoms with Gasteiger partial charge < -0.3 is 18.6 Å². The number of hydrogen-bond acceptors (Lipinski definition) is 7. The summed E-state index contributed by atoms with van der Waals surface area (Å²) in [6, 6.07) is 0. The Bertz CT molecular complexity index is 445. The van der Waals surface area contributed by atoms with E-state index in [1.807, 2.05) is 41.5 Å². The zero-order valence-electron chi connectivity index (χ0n) is 15.3. The zero-order chi connectivity index (χ0) is 17.5. The molecular formula is C15H30N4O3Si. The summed E-state index contributed by atoms with van der Waals surface area (Å²) in [7, 11) is -3.23. The van der Waals surface area contributed by atoms with Crippen molar-refractivity contribution in [2.24, 2.45) is 0 Å². The molecule has 7 nitrogen and oxygen atoms in total. The summed E-state index contributed by atoms with van der Waals surface area (Å²) in [5, 5.41) is 3.16. The van der Waals surface area contributed by atoms with Crippen molar-refractivity contribution >= 4 is 20.2 Å². The van der Waals surface area contributed by atoms with E-state index in [2.05, 4.69) is 27.2 Å². The average molecular weight is 343 g/mol. The van der Waals surface area contributed by atoms with Crippen molar-refractivity contribution < 1.29 is 13.3 Å². The first-order valence-corrected chi connectivity index (χ1v) is 9.98. The Labute approximate surface area is 140 Å². The highest BCUT2D eigenvalue weighted by Crippen LogP contribution is 2.16. The predicted molar refractivity (Wildman–Crippen MR) is 92.7 cm³/mol. The highest BCUT2D eigenvalue weighted by molar-refractivity contribution is 6.74. The fourth-order valence-electron chi connectivity index (χ4n) is 1.94. The summed E-state index contributed by atoms with van der Waals surface area (Å²) < 4.78 is 18.4. The van der Waals surface area contributed by atoms with Crippen molar-refractivity contribution in [3.05, 3.63) is 6.33 Å². The second kappa shape index (κ2) is 9.26. The molecule has 132 valence electrons. The molecule has 1 rings (SSSR count). The Balaban J connectivity index is 3.23. The lowest BCUT2D eigenvalue weighted by molar-refractivity contribution is 0.0139. The van der Waals surface area contributed by atoms with Crippen molar-refractivity contribution in [2.45, 2.75) is 73.2 Å². The molecule has 1 heterocycles. The van der Waals surface area contributed by atoms with Gasteiger partial charge in [-0.2, -0.15) is 4.98 Å². The van der Waals surface area contributed by atoms with Gasteiger partial charge in [0.15, 0.2) is 0 Å². The van der Waals surface area contributed by atoms with Gasteiger partial charge in [-0.3, -0.25) is 0 Å². The molecule has 0 unspecified atom stereocenters. The molecule has 0 aliphatic rings. The van der Waals surface area contributed by atoms with Crippen molar-refractivity contribution in [1.82, 2.24) is 15.0 Å². The second-order valence-corrected chi connectivity index (χ2v) is 8.38. The van der Waals surface area contributed by atoms with Gasteiger partial charge in [0.1, 0.15) is 6.33 Å². The Morgan fingerprint density at radius 1 is 0.957 bits per heavy atom. The largest absolute Gasteiger partial charge is 0.577 e. The number of rotatable bonds is 10. The van der Waals surface area contributed by atoms with E-state index in [9.17, 15) is 0 Å². The Kier molecular flexibility index (Phi) is 8.04. The van der Waals surface area contributed by atoms with E-state index in [1.165, 1.54) is 6.33 Å². The zero-order valence-corrected chi connectivity index (χ0v) is 16.3. The molecule has 1 aromatic heterocycles. The van der Waals surface area contributed by atoms with Crippen molar-refractivity contribution in [1.29, 1.82) is 0 Å². The van der Waals surface area contributed by atoms with Gasteiger partial charge in [-0.05, 0) is 48.0 Å². The third kappa shape index (κ3) is 6.50. The van der Waals surface area contributed by atoms with Gasteiger partial charge in [0.2, 0.25) is 11.4 Å². The Hall–Kier alpha value is -1.09.